The summed E-state index contributed by atoms with van der Waals surface area (Å²) in [5.41, 5.74) is 2.16. The Morgan fingerprint density at radius 2 is 2.27 bits per heavy atom. The van der Waals surface area contributed by atoms with Gasteiger partial charge in [0.25, 0.3) is 0 Å². The van der Waals surface area contributed by atoms with Crippen molar-refractivity contribution >= 4 is 11.3 Å². The van der Waals surface area contributed by atoms with Crippen molar-refractivity contribution in [1.82, 2.24) is 14.6 Å². The Balaban J connectivity index is 1.69. The largest absolute Gasteiger partial charge is 0.378 e. The molecule has 1 fully saturated rings. The zero-order valence-corrected chi connectivity index (χ0v) is 14.0. The second kappa shape index (κ2) is 5.88. The summed E-state index contributed by atoms with van der Waals surface area (Å²) in [4.78, 5) is 4.50. The third-order valence-electron chi connectivity index (χ3n) is 4.82. The Labute approximate surface area is 132 Å². The van der Waals surface area contributed by atoms with E-state index in [0.29, 0.717) is 12.1 Å². The molecule has 5 heteroatoms. The van der Waals surface area contributed by atoms with E-state index in [1.807, 2.05) is 17.6 Å². The van der Waals surface area contributed by atoms with Gasteiger partial charge < -0.3 is 10.1 Å². The molecular weight excluding hydrogens is 276 g/mol. The van der Waals surface area contributed by atoms with E-state index in [9.17, 15) is 0 Å². The zero-order valence-electron chi connectivity index (χ0n) is 14.0. The highest BCUT2D eigenvalue weighted by Crippen LogP contribution is 2.44. The van der Waals surface area contributed by atoms with Crippen molar-refractivity contribution in [2.75, 3.05) is 11.9 Å². The molecule has 2 aromatic heterocycles. The van der Waals surface area contributed by atoms with Crippen LogP contribution in [0.4, 0.5) is 5.82 Å². The third kappa shape index (κ3) is 2.70. The number of anilines is 1. The highest BCUT2D eigenvalue weighted by Gasteiger charge is 2.49. The molecule has 2 unspecified atom stereocenters. The van der Waals surface area contributed by atoms with Gasteiger partial charge >= 0.3 is 0 Å². The first-order valence-corrected chi connectivity index (χ1v) is 8.21. The summed E-state index contributed by atoms with van der Waals surface area (Å²) in [5.74, 6) is 0.910. The van der Waals surface area contributed by atoms with Gasteiger partial charge in [-0.15, -0.1) is 0 Å². The van der Waals surface area contributed by atoms with Crippen LogP contribution in [0.2, 0.25) is 0 Å². The number of nitrogens with one attached hydrogen (secondary N) is 1. The van der Waals surface area contributed by atoms with E-state index in [4.69, 9.17) is 4.74 Å². The van der Waals surface area contributed by atoms with Crippen LogP contribution in [0.15, 0.2) is 18.5 Å². The molecule has 1 N–H and O–H groups in total. The normalized spacial score (nSPS) is 23.5. The lowest BCUT2D eigenvalue weighted by atomic mass is 9.64. The van der Waals surface area contributed by atoms with Gasteiger partial charge in [0.1, 0.15) is 5.52 Å². The molecule has 1 aliphatic carbocycles. The minimum Gasteiger partial charge on any atom is -0.378 e. The minimum absolute atomic E-state index is 0.122. The van der Waals surface area contributed by atoms with Crippen molar-refractivity contribution in [2.24, 2.45) is 5.41 Å². The van der Waals surface area contributed by atoms with Gasteiger partial charge in [-0.2, -0.15) is 5.10 Å². The lowest BCUT2D eigenvalue weighted by molar-refractivity contribution is -0.102. The standard InChI is InChI=1S/C17H26N4O/c1-5-6-9-22-15-11-14(17(15,3)4)19-16-13-10-12(2)20-21(13)8-7-18-16/h7-8,10,14-15H,5-6,9,11H2,1-4H3,(H,18,19). The van der Waals surface area contributed by atoms with Gasteiger partial charge in [-0.3, -0.25) is 0 Å². The summed E-state index contributed by atoms with van der Waals surface area (Å²) < 4.78 is 7.90. The van der Waals surface area contributed by atoms with Crippen LogP contribution >= 0.6 is 0 Å². The molecule has 3 rings (SSSR count). The van der Waals surface area contributed by atoms with Crippen LogP contribution in [-0.2, 0) is 4.74 Å². The zero-order chi connectivity index (χ0) is 15.7. The summed E-state index contributed by atoms with van der Waals surface area (Å²) in [6.45, 7) is 9.60. The number of ether oxygens (including phenoxy) is 1. The van der Waals surface area contributed by atoms with E-state index in [1.165, 1.54) is 6.42 Å². The first-order chi connectivity index (χ1) is 10.5. The molecule has 2 aromatic rings. The maximum absolute atomic E-state index is 6.02. The monoisotopic (exact) mass is 302 g/mol. The molecular formula is C17H26N4O. The average molecular weight is 302 g/mol. The molecule has 1 aliphatic rings. The van der Waals surface area contributed by atoms with Gasteiger partial charge in [0.15, 0.2) is 5.82 Å². The first-order valence-electron chi connectivity index (χ1n) is 8.21. The molecule has 0 aliphatic heterocycles. The van der Waals surface area contributed by atoms with E-state index in [1.54, 1.807) is 6.20 Å². The van der Waals surface area contributed by atoms with Gasteiger partial charge in [0.05, 0.1) is 11.8 Å². The smallest absolute Gasteiger partial charge is 0.152 e. The summed E-state index contributed by atoms with van der Waals surface area (Å²) in [5, 5.41) is 8.03. The number of fused-ring (bicyclic) bond motifs is 1. The number of unbranched alkanes of at least 4 members (excludes halogenated alkanes) is 1. The molecule has 0 radical (unpaired) electrons. The topological polar surface area (TPSA) is 51.5 Å². The molecule has 0 spiro atoms. The Hall–Kier alpha value is -1.62. The molecule has 0 bridgehead atoms. The van der Waals surface area contributed by atoms with Crippen LogP contribution in [0, 0.1) is 12.3 Å². The Bertz CT molecular complexity index is 649. The van der Waals surface area contributed by atoms with E-state index in [2.05, 4.69) is 42.2 Å². The van der Waals surface area contributed by atoms with Gasteiger partial charge in [-0.25, -0.2) is 9.50 Å². The molecule has 5 nitrogen and oxygen atoms in total. The van der Waals surface area contributed by atoms with Crippen LogP contribution in [0.25, 0.3) is 5.52 Å². The number of hydrogen-bond donors (Lipinski definition) is 1. The van der Waals surface area contributed by atoms with Gasteiger partial charge in [-0.1, -0.05) is 27.2 Å². The molecule has 22 heavy (non-hydrogen) atoms. The lowest BCUT2D eigenvalue weighted by Gasteiger charge is -2.52. The van der Waals surface area contributed by atoms with Crippen molar-refractivity contribution in [2.45, 2.75) is 59.1 Å². The summed E-state index contributed by atoms with van der Waals surface area (Å²) >= 11 is 0. The van der Waals surface area contributed by atoms with Crippen LogP contribution in [0.5, 0.6) is 0 Å². The van der Waals surface area contributed by atoms with E-state index in [0.717, 1.165) is 36.5 Å². The molecule has 0 aromatic carbocycles. The SMILES string of the molecule is CCCCOC1CC(Nc2nccn3nc(C)cc23)C1(C)C. The Morgan fingerprint density at radius 1 is 1.45 bits per heavy atom. The number of hydrogen-bond acceptors (Lipinski definition) is 4. The number of aryl methyl sites for hydroxylation is 1. The average Bonchev–Trinajstić information content (AvgIpc) is 2.86. The predicted molar refractivity (Wildman–Crippen MR) is 88.2 cm³/mol. The maximum atomic E-state index is 6.02. The predicted octanol–water partition coefficient (Wildman–Crippen LogP) is 3.43. The van der Waals surface area contributed by atoms with Gasteiger partial charge in [0.2, 0.25) is 0 Å². The van der Waals surface area contributed by atoms with Crippen molar-refractivity contribution < 1.29 is 4.74 Å². The quantitative estimate of drug-likeness (QED) is 0.831. The molecule has 1 saturated carbocycles. The lowest BCUT2D eigenvalue weighted by Crippen LogP contribution is -2.58. The van der Waals surface area contributed by atoms with E-state index in [-0.39, 0.29) is 5.41 Å². The van der Waals surface area contributed by atoms with Crippen LogP contribution < -0.4 is 5.32 Å². The second-order valence-corrected chi connectivity index (χ2v) is 6.86. The van der Waals surface area contributed by atoms with Gasteiger partial charge in [0, 0.05) is 30.5 Å². The second-order valence-electron chi connectivity index (χ2n) is 6.86. The fraction of sp³-hybridized carbons (Fsp3) is 0.647. The third-order valence-corrected chi connectivity index (χ3v) is 4.82. The van der Waals surface area contributed by atoms with Crippen molar-refractivity contribution in [3.63, 3.8) is 0 Å². The molecule has 120 valence electrons. The highest BCUT2D eigenvalue weighted by atomic mass is 16.5. The van der Waals surface area contributed by atoms with Crippen molar-refractivity contribution in [3.05, 3.63) is 24.2 Å². The molecule has 0 amide bonds. The number of rotatable bonds is 6. The van der Waals surface area contributed by atoms with Gasteiger partial charge in [-0.05, 0) is 25.8 Å². The summed E-state index contributed by atoms with van der Waals surface area (Å²) in [6.07, 6.45) is 7.37. The van der Waals surface area contributed by atoms with Crippen LogP contribution in [0.1, 0.15) is 45.7 Å². The highest BCUT2D eigenvalue weighted by molar-refractivity contribution is 5.68. The fourth-order valence-corrected chi connectivity index (χ4v) is 3.10. The molecule has 2 heterocycles. The summed E-state index contributed by atoms with van der Waals surface area (Å²) in [6, 6.07) is 2.45. The van der Waals surface area contributed by atoms with Crippen molar-refractivity contribution in [3.8, 4) is 0 Å². The van der Waals surface area contributed by atoms with E-state index >= 15 is 0 Å². The van der Waals surface area contributed by atoms with Crippen molar-refractivity contribution in [1.29, 1.82) is 0 Å². The molecule has 0 saturated heterocycles. The van der Waals surface area contributed by atoms with Crippen LogP contribution in [0.3, 0.4) is 0 Å². The summed E-state index contributed by atoms with van der Waals surface area (Å²) in [7, 11) is 0. The fourth-order valence-electron chi connectivity index (χ4n) is 3.10. The first kappa shape index (κ1) is 15.3. The maximum Gasteiger partial charge on any atom is 0.152 e. The number of nitrogens with zero attached hydrogens (tertiary/aromatic N) is 3. The van der Waals surface area contributed by atoms with Crippen LogP contribution in [-0.4, -0.2) is 33.4 Å². The minimum atomic E-state index is 0.122. The Morgan fingerprint density at radius 3 is 3.00 bits per heavy atom. The Kier molecular flexibility index (Phi) is 4.08. The van der Waals surface area contributed by atoms with E-state index < -0.39 is 0 Å². The molecule has 2 atom stereocenters. The number of aromatic nitrogens is 3.